The Labute approximate surface area is 237 Å². The molecule has 41 heavy (non-hydrogen) atoms. The average Bonchev–Trinajstić information content (AvgIpc) is 3.41. The van der Waals surface area contributed by atoms with Gasteiger partial charge in [-0.25, -0.2) is 9.78 Å². The van der Waals surface area contributed by atoms with E-state index in [1.165, 1.54) is 6.07 Å². The number of hydrogen-bond donors (Lipinski definition) is 1. The fraction of sp³-hybridized carbons (Fsp3) is 0.0909. The van der Waals surface area contributed by atoms with Gasteiger partial charge in [0.2, 0.25) is 0 Å². The van der Waals surface area contributed by atoms with Gasteiger partial charge in [0.1, 0.15) is 17.2 Å². The van der Waals surface area contributed by atoms with Crippen LogP contribution in [0.25, 0.3) is 32.9 Å². The number of carboxylic acid groups (broad SMARTS) is 1. The van der Waals surface area contributed by atoms with Crippen LogP contribution in [-0.4, -0.2) is 16.1 Å². The third-order valence-electron chi connectivity index (χ3n) is 6.79. The largest absolute Gasteiger partial charge is 0.488 e. The first kappa shape index (κ1) is 26.5. The number of thiophene rings is 1. The number of para-hydroxylation sites is 1. The van der Waals surface area contributed by atoms with Crippen LogP contribution in [0.3, 0.4) is 0 Å². The molecule has 204 valence electrons. The third kappa shape index (κ3) is 5.64. The Morgan fingerprint density at radius 2 is 1.59 bits per heavy atom. The van der Waals surface area contributed by atoms with E-state index in [1.54, 1.807) is 54.6 Å². The van der Waals surface area contributed by atoms with Crippen molar-refractivity contribution in [3.63, 3.8) is 0 Å². The summed E-state index contributed by atoms with van der Waals surface area (Å²) in [5.74, 6) is -0.502. The van der Waals surface area contributed by atoms with Crippen LogP contribution >= 0.6 is 11.3 Å². The molecule has 0 saturated heterocycles. The monoisotopic (exact) mass is 569 g/mol. The molecule has 0 atom stereocenters. The third-order valence-corrected chi connectivity index (χ3v) is 7.95. The summed E-state index contributed by atoms with van der Waals surface area (Å²) in [6.45, 7) is 0.00393. The topological polar surface area (TPSA) is 59.4 Å². The van der Waals surface area contributed by atoms with Crippen LogP contribution in [0.1, 0.15) is 31.2 Å². The highest BCUT2D eigenvalue weighted by molar-refractivity contribution is 7.12. The van der Waals surface area contributed by atoms with E-state index in [4.69, 9.17) is 4.74 Å². The molecular formula is C33H22F3NO3S. The van der Waals surface area contributed by atoms with Gasteiger partial charge in [-0.05, 0) is 65.6 Å². The normalized spacial score (nSPS) is 11.7. The lowest BCUT2D eigenvalue weighted by atomic mass is 9.97. The SMILES string of the molecule is O=C(O)c1cc(Cc2ccc(OCc3cc(-c4ccccc4)c(C(F)(F)F)s3)cc2)c2cc3ccccc3nc2c1. The summed E-state index contributed by atoms with van der Waals surface area (Å²) in [6.07, 6.45) is -3.99. The maximum atomic E-state index is 13.7. The summed E-state index contributed by atoms with van der Waals surface area (Å²) in [5.41, 5.74) is 3.99. The Bertz CT molecular complexity index is 1880. The molecule has 4 nitrogen and oxygen atoms in total. The number of fused-ring (bicyclic) bond motifs is 2. The highest BCUT2D eigenvalue weighted by Gasteiger charge is 2.36. The van der Waals surface area contributed by atoms with Crippen LogP contribution in [0.4, 0.5) is 13.2 Å². The molecule has 0 amide bonds. The van der Waals surface area contributed by atoms with Crippen molar-refractivity contribution in [3.8, 4) is 16.9 Å². The van der Waals surface area contributed by atoms with Crippen molar-refractivity contribution in [2.75, 3.05) is 0 Å². The van der Waals surface area contributed by atoms with E-state index in [9.17, 15) is 23.1 Å². The number of aromatic nitrogens is 1. The van der Waals surface area contributed by atoms with E-state index in [1.807, 2.05) is 42.5 Å². The first-order valence-corrected chi connectivity index (χ1v) is 13.6. The number of rotatable bonds is 7. The van der Waals surface area contributed by atoms with Crippen LogP contribution in [0, 0.1) is 0 Å². The molecule has 0 saturated carbocycles. The maximum absolute atomic E-state index is 13.7. The molecule has 8 heteroatoms. The Balaban J connectivity index is 1.23. The number of carboxylic acids is 1. The number of alkyl halides is 3. The lowest BCUT2D eigenvalue weighted by molar-refractivity contribution is -0.133. The van der Waals surface area contributed by atoms with Gasteiger partial charge in [0, 0.05) is 21.2 Å². The summed E-state index contributed by atoms with van der Waals surface area (Å²) < 4.78 is 47.0. The molecule has 0 fully saturated rings. The molecule has 6 rings (SSSR count). The summed E-state index contributed by atoms with van der Waals surface area (Å²) in [7, 11) is 0. The molecule has 6 aromatic rings. The van der Waals surface area contributed by atoms with E-state index in [0.29, 0.717) is 39.5 Å². The van der Waals surface area contributed by atoms with Crippen LogP contribution in [-0.2, 0) is 19.2 Å². The molecule has 0 unspecified atom stereocenters. The van der Waals surface area contributed by atoms with E-state index >= 15 is 0 Å². The van der Waals surface area contributed by atoms with Crippen LogP contribution in [0.2, 0.25) is 0 Å². The smallest absolute Gasteiger partial charge is 0.426 e. The van der Waals surface area contributed by atoms with Gasteiger partial charge in [-0.3, -0.25) is 0 Å². The highest BCUT2D eigenvalue weighted by Crippen LogP contribution is 2.43. The van der Waals surface area contributed by atoms with E-state index in [-0.39, 0.29) is 17.7 Å². The van der Waals surface area contributed by atoms with Gasteiger partial charge in [0.25, 0.3) is 0 Å². The van der Waals surface area contributed by atoms with Crippen molar-refractivity contribution in [1.29, 1.82) is 0 Å². The fourth-order valence-electron chi connectivity index (χ4n) is 4.86. The Morgan fingerprint density at radius 1 is 0.854 bits per heavy atom. The summed E-state index contributed by atoms with van der Waals surface area (Å²) in [4.78, 5) is 16.3. The predicted molar refractivity (Wildman–Crippen MR) is 155 cm³/mol. The number of aromatic carboxylic acids is 1. The second kappa shape index (κ2) is 10.7. The maximum Gasteiger partial charge on any atom is 0.426 e. The minimum atomic E-state index is -4.46. The zero-order valence-electron chi connectivity index (χ0n) is 21.5. The molecular weight excluding hydrogens is 547 g/mol. The number of nitrogens with zero attached hydrogens (tertiary/aromatic N) is 1. The van der Waals surface area contributed by atoms with E-state index in [0.717, 1.165) is 27.4 Å². The van der Waals surface area contributed by atoms with E-state index < -0.39 is 17.0 Å². The zero-order chi connectivity index (χ0) is 28.6. The molecule has 0 aliphatic rings. The number of ether oxygens (including phenoxy) is 1. The predicted octanol–water partition coefficient (Wildman–Crippen LogP) is 9.00. The Morgan fingerprint density at radius 3 is 2.32 bits per heavy atom. The first-order chi connectivity index (χ1) is 19.7. The zero-order valence-corrected chi connectivity index (χ0v) is 22.3. The second-order valence-corrected chi connectivity index (χ2v) is 10.8. The van der Waals surface area contributed by atoms with Crippen molar-refractivity contribution in [2.24, 2.45) is 0 Å². The summed E-state index contributed by atoms with van der Waals surface area (Å²) in [5, 5.41) is 11.5. The first-order valence-electron chi connectivity index (χ1n) is 12.8. The number of pyridine rings is 1. The second-order valence-electron chi connectivity index (χ2n) is 9.62. The minimum absolute atomic E-state index is 0.00393. The Hall–Kier alpha value is -4.69. The van der Waals surface area contributed by atoms with Crippen molar-refractivity contribution < 1.29 is 27.8 Å². The molecule has 2 heterocycles. The quantitative estimate of drug-likeness (QED) is 0.195. The van der Waals surface area contributed by atoms with Gasteiger partial charge >= 0.3 is 12.1 Å². The average molecular weight is 570 g/mol. The highest BCUT2D eigenvalue weighted by atomic mass is 32.1. The molecule has 0 aliphatic carbocycles. The van der Waals surface area contributed by atoms with Crippen LogP contribution in [0.5, 0.6) is 5.75 Å². The van der Waals surface area contributed by atoms with Crippen LogP contribution < -0.4 is 4.74 Å². The fourth-order valence-corrected chi connectivity index (χ4v) is 5.82. The molecule has 0 bridgehead atoms. The molecule has 0 spiro atoms. The Kier molecular flexibility index (Phi) is 6.93. The molecule has 0 aliphatic heterocycles. The van der Waals surface area contributed by atoms with Crippen LogP contribution in [0.15, 0.2) is 103 Å². The van der Waals surface area contributed by atoms with Crippen molar-refractivity contribution in [2.45, 2.75) is 19.2 Å². The van der Waals surface area contributed by atoms with Crippen molar-refractivity contribution >= 4 is 39.1 Å². The van der Waals surface area contributed by atoms with Gasteiger partial charge in [-0.15, -0.1) is 11.3 Å². The summed E-state index contributed by atoms with van der Waals surface area (Å²) in [6, 6.07) is 30.3. The minimum Gasteiger partial charge on any atom is -0.488 e. The lowest BCUT2D eigenvalue weighted by Crippen LogP contribution is -2.03. The lowest BCUT2D eigenvalue weighted by Gasteiger charge is -2.11. The number of hydrogen-bond acceptors (Lipinski definition) is 4. The van der Waals surface area contributed by atoms with Crippen molar-refractivity contribution in [1.82, 2.24) is 4.98 Å². The molecule has 0 radical (unpaired) electrons. The van der Waals surface area contributed by atoms with Crippen molar-refractivity contribution in [3.05, 3.63) is 130 Å². The van der Waals surface area contributed by atoms with Gasteiger partial charge in [-0.2, -0.15) is 13.2 Å². The molecule has 2 aromatic heterocycles. The van der Waals surface area contributed by atoms with Gasteiger partial charge in [0.05, 0.1) is 16.6 Å². The number of carbonyl (C=O) groups is 1. The number of benzene rings is 4. The number of halogens is 3. The van der Waals surface area contributed by atoms with Gasteiger partial charge < -0.3 is 9.84 Å². The standard InChI is InChI=1S/C33H22F3NO3S/c34-33(35,36)31-28(21-6-2-1-3-7-21)18-26(41-31)19-40-25-12-10-20(11-13-25)14-23-15-24(32(38)39)17-30-27(23)16-22-8-4-5-9-29(22)37-30/h1-13,15-18H,14,19H2,(H,38,39). The molecule has 4 aromatic carbocycles. The van der Waals surface area contributed by atoms with Gasteiger partial charge in [0.15, 0.2) is 0 Å². The summed E-state index contributed by atoms with van der Waals surface area (Å²) >= 11 is 0.687. The molecule has 1 N–H and O–H groups in total. The van der Waals surface area contributed by atoms with E-state index in [2.05, 4.69) is 4.98 Å². The van der Waals surface area contributed by atoms with Gasteiger partial charge in [-0.1, -0.05) is 60.7 Å².